The first-order chi connectivity index (χ1) is 12.8. The fraction of sp³-hybridized carbons (Fsp3) is 0.800. The molecule has 0 aromatic carbocycles. The normalized spacial score (nSPS) is 14.9. The summed E-state index contributed by atoms with van der Waals surface area (Å²) in [4.78, 5) is 37.7. The number of aromatic nitrogens is 3. The van der Waals surface area contributed by atoms with E-state index >= 15 is 0 Å². The summed E-state index contributed by atoms with van der Waals surface area (Å²) in [5.74, 6) is 0. The molecular weight excluding hydrogens is 366 g/mol. The molecule has 0 saturated carbocycles. The molecule has 1 heterocycles. The molecule has 27 heavy (non-hydrogen) atoms. The van der Waals surface area contributed by atoms with Gasteiger partial charge in [-0.15, -0.1) is 0 Å². The second-order valence-electron chi connectivity index (χ2n) is 6.01. The van der Waals surface area contributed by atoms with Crippen LogP contribution in [0.5, 0.6) is 0 Å². The van der Waals surface area contributed by atoms with Crippen LogP contribution in [-0.4, -0.2) is 88.5 Å². The fourth-order valence-electron chi connectivity index (χ4n) is 2.52. The number of rotatable bonds is 12. The van der Waals surface area contributed by atoms with Gasteiger partial charge >= 0.3 is 17.1 Å². The van der Waals surface area contributed by atoms with Crippen molar-refractivity contribution in [1.29, 1.82) is 0 Å². The predicted molar refractivity (Wildman–Crippen MR) is 92.9 cm³/mol. The van der Waals surface area contributed by atoms with Crippen LogP contribution < -0.4 is 17.1 Å². The molecule has 0 aliphatic rings. The Morgan fingerprint density at radius 3 is 1.04 bits per heavy atom. The molecule has 1 aromatic rings. The van der Waals surface area contributed by atoms with E-state index < -0.39 is 55.0 Å². The van der Waals surface area contributed by atoms with Gasteiger partial charge < -0.3 is 29.5 Å². The predicted octanol–water partition coefficient (Wildman–Crippen LogP) is -3.81. The first-order valence-electron chi connectivity index (χ1n) is 8.22. The van der Waals surface area contributed by atoms with Crippen molar-refractivity contribution >= 4 is 0 Å². The highest BCUT2D eigenvalue weighted by Gasteiger charge is 2.21. The van der Waals surface area contributed by atoms with Gasteiger partial charge in [0.15, 0.2) is 0 Å². The second-order valence-corrected chi connectivity index (χ2v) is 6.01. The maximum atomic E-state index is 12.6. The quantitative estimate of drug-likeness (QED) is 0.324. The average Bonchev–Trinajstić information content (AvgIpc) is 2.60. The third-order valence-corrected chi connectivity index (χ3v) is 3.64. The molecular formula is C15H27N3O9. The molecule has 1 rings (SSSR count). The Hall–Kier alpha value is -1.83. The lowest BCUT2D eigenvalue weighted by atomic mass is 10.3. The number of hydrogen-bond acceptors (Lipinski definition) is 9. The lowest BCUT2D eigenvalue weighted by Gasteiger charge is -2.18. The van der Waals surface area contributed by atoms with Crippen LogP contribution in [-0.2, 0) is 33.8 Å². The Balaban J connectivity index is 3.45. The summed E-state index contributed by atoms with van der Waals surface area (Å²) in [7, 11) is 4.02. The van der Waals surface area contributed by atoms with Crippen molar-refractivity contribution in [3.8, 4) is 0 Å². The van der Waals surface area contributed by atoms with Gasteiger partial charge in [-0.1, -0.05) is 0 Å². The number of aliphatic hydroxyl groups is 3. The van der Waals surface area contributed by atoms with Gasteiger partial charge in [-0.05, 0) is 0 Å². The zero-order chi connectivity index (χ0) is 20.6. The van der Waals surface area contributed by atoms with E-state index in [-0.39, 0.29) is 19.8 Å². The van der Waals surface area contributed by atoms with Gasteiger partial charge in [-0.25, -0.2) is 28.1 Å². The summed E-state index contributed by atoms with van der Waals surface area (Å²) in [6.07, 6.45) is -3.52. The number of aliphatic hydroxyl groups excluding tert-OH is 3. The minimum absolute atomic E-state index is 0.135. The van der Waals surface area contributed by atoms with Crippen molar-refractivity contribution in [2.75, 3.05) is 41.2 Å². The highest BCUT2D eigenvalue weighted by molar-refractivity contribution is 4.82. The van der Waals surface area contributed by atoms with Gasteiger partial charge in [-0.3, -0.25) is 0 Å². The van der Waals surface area contributed by atoms with E-state index in [9.17, 15) is 29.7 Å². The summed E-state index contributed by atoms with van der Waals surface area (Å²) in [6.45, 7) is -1.68. The third kappa shape index (κ3) is 6.37. The SMILES string of the molecule is COCC(O)Cn1c(=O)n(CC(O)COC)c(=O)n(CC(O)COC)c1=O. The van der Waals surface area contributed by atoms with Crippen molar-refractivity contribution in [2.45, 2.75) is 37.9 Å². The van der Waals surface area contributed by atoms with Gasteiger partial charge in [0, 0.05) is 21.3 Å². The molecule has 0 radical (unpaired) electrons. The first kappa shape index (κ1) is 23.2. The van der Waals surface area contributed by atoms with Crippen LogP contribution >= 0.6 is 0 Å². The van der Waals surface area contributed by atoms with E-state index in [1.54, 1.807) is 0 Å². The maximum absolute atomic E-state index is 12.6. The van der Waals surface area contributed by atoms with Crippen molar-refractivity contribution < 1.29 is 29.5 Å². The van der Waals surface area contributed by atoms with Crippen LogP contribution in [0, 0.1) is 0 Å². The molecule has 0 aliphatic heterocycles. The Morgan fingerprint density at radius 1 is 0.630 bits per heavy atom. The van der Waals surface area contributed by atoms with Gasteiger partial charge in [0.2, 0.25) is 0 Å². The Kier molecular flexibility index (Phi) is 9.55. The summed E-state index contributed by atoms with van der Waals surface area (Å²) >= 11 is 0. The molecule has 12 heteroatoms. The van der Waals surface area contributed by atoms with E-state index in [0.717, 1.165) is 0 Å². The number of hydrogen-bond donors (Lipinski definition) is 3. The molecule has 12 nitrogen and oxygen atoms in total. The largest absolute Gasteiger partial charge is 0.389 e. The fourth-order valence-corrected chi connectivity index (χ4v) is 2.52. The highest BCUT2D eigenvalue weighted by atomic mass is 16.5. The van der Waals surface area contributed by atoms with Crippen molar-refractivity contribution in [2.24, 2.45) is 0 Å². The first-order valence-corrected chi connectivity index (χ1v) is 8.22. The highest BCUT2D eigenvalue weighted by Crippen LogP contribution is 1.92. The lowest BCUT2D eigenvalue weighted by molar-refractivity contribution is 0.0408. The van der Waals surface area contributed by atoms with E-state index in [1.165, 1.54) is 21.3 Å². The van der Waals surface area contributed by atoms with Gasteiger partial charge in [-0.2, -0.15) is 0 Å². The minimum atomic E-state index is -1.17. The van der Waals surface area contributed by atoms with Crippen molar-refractivity contribution in [1.82, 2.24) is 13.7 Å². The van der Waals surface area contributed by atoms with Crippen LogP contribution in [0.25, 0.3) is 0 Å². The topological polar surface area (TPSA) is 154 Å². The molecule has 0 aliphatic carbocycles. The zero-order valence-corrected chi connectivity index (χ0v) is 15.6. The van der Waals surface area contributed by atoms with Gasteiger partial charge in [0.1, 0.15) is 0 Å². The number of ether oxygens (including phenoxy) is 3. The van der Waals surface area contributed by atoms with E-state index in [4.69, 9.17) is 14.2 Å². The van der Waals surface area contributed by atoms with Crippen molar-refractivity contribution in [3.63, 3.8) is 0 Å². The number of methoxy groups -OCH3 is 3. The summed E-state index contributed by atoms with van der Waals surface area (Å²) < 4.78 is 16.3. The minimum Gasteiger partial charge on any atom is -0.389 e. The molecule has 3 unspecified atom stereocenters. The molecule has 3 atom stereocenters. The van der Waals surface area contributed by atoms with Crippen LogP contribution in [0.15, 0.2) is 14.4 Å². The molecule has 0 saturated heterocycles. The number of nitrogens with zero attached hydrogens (tertiary/aromatic N) is 3. The summed E-state index contributed by atoms with van der Waals surface area (Å²) in [5.41, 5.74) is -2.98. The van der Waals surface area contributed by atoms with Crippen LogP contribution in [0.4, 0.5) is 0 Å². The lowest BCUT2D eigenvalue weighted by Crippen LogP contribution is -2.57. The molecule has 0 amide bonds. The standard InChI is InChI=1S/C15H27N3O9/c1-25-7-10(19)4-16-13(22)17(5-11(20)8-26-2)15(24)18(14(16)23)6-12(21)9-27-3/h10-12,19-21H,4-9H2,1-3H3. The molecule has 1 aromatic heterocycles. The smallest absolute Gasteiger partial charge is 0.336 e. The maximum Gasteiger partial charge on any atom is 0.336 e. The molecule has 0 spiro atoms. The zero-order valence-electron chi connectivity index (χ0n) is 15.6. The van der Waals surface area contributed by atoms with Crippen molar-refractivity contribution in [3.05, 3.63) is 31.5 Å². The Bertz CT molecular complexity index is 624. The Labute approximate surface area is 154 Å². The van der Waals surface area contributed by atoms with Crippen LogP contribution in [0.3, 0.4) is 0 Å². The van der Waals surface area contributed by atoms with Gasteiger partial charge in [0.05, 0.1) is 57.8 Å². The third-order valence-electron chi connectivity index (χ3n) is 3.64. The monoisotopic (exact) mass is 393 g/mol. The second kappa shape index (κ2) is 11.1. The summed E-state index contributed by atoms with van der Waals surface area (Å²) in [5, 5.41) is 29.6. The molecule has 156 valence electrons. The molecule has 3 N–H and O–H groups in total. The Morgan fingerprint density at radius 2 is 0.852 bits per heavy atom. The average molecular weight is 393 g/mol. The molecule has 0 bridgehead atoms. The van der Waals surface area contributed by atoms with E-state index in [2.05, 4.69) is 0 Å². The van der Waals surface area contributed by atoms with E-state index in [0.29, 0.717) is 13.7 Å². The van der Waals surface area contributed by atoms with Crippen LogP contribution in [0.2, 0.25) is 0 Å². The van der Waals surface area contributed by atoms with Gasteiger partial charge in [0.25, 0.3) is 0 Å². The summed E-state index contributed by atoms with van der Waals surface area (Å²) in [6, 6.07) is 0. The van der Waals surface area contributed by atoms with Crippen LogP contribution in [0.1, 0.15) is 0 Å². The van der Waals surface area contributed by atoms with E-state index in [1.807, 2.05) is 0 Å². The molecule has 0 fully saturated rings.